The van der Waals surface area contributed by atoms with Crippen LogP contribution in [0.4, 0.5) is 21.6 Å². The number of ether oxygens (including phenoxy) is 1. The van der Waals surface area contributed by atoms with Crippen molar-refractivity contribution in [2.75, 3.05) is 31.5 Å². The zero-order valence-electron chi connectivity index (χ0n) is 22.9. The summed E-state index contributed by atoms with van der Waals surface area (Å²) in [5.74, 6) is -0.0745. The molecule has 0 saturated heterocycles. The van der Waals surface area contributed by atoms with Gasteiger partial charge in [0, 0.05) is 23.0 Å². The van der Waals surface area contributed by atoms with Gasteiger partial charge in [0.25, 0.3) is 10.0 Å². The van der Waals surface area contributed by atoms with Gasteiger partial charge in [-0.05, 0) is 62.7 Å². The number of methoxy groups -OCH3 is 1. The molecule has 41 heavy (non-hydrogen) atoms. The quantitative estimate of drug-likeness (QED) is 0.184. The van der Waals surface area contributed by atoms with Crippen LogP contribution in [-0.2, 0) is 21.0 Å². The minimum atomic E-state index is -4.22. The molecular weight excluding hydrogens is 564 g/mol. The van der Waals surface area contributed by atoms with Crippen LogP contribution in [0, 0.1) is 12.7 Å². The van der Waals surface area contributed by atoms with E-state index < -0.39 is 23.0 Å². The van der Waals surface area contributed by atoms with Crippen molar-refractivity contribution < 1.29 is 22.1 Å². The molecule has 0 unspecified atom stereocenters. The first-order valence-electron chi connectivity index (χ1n) is 12.6. The fourth-order valence-electron chi connectivity index (χ4n) is 4.56. The van der Waals surface area contributed by atoms with Crippen molar-refractivity contribution in [1.29, 1.82) is 0 Å². The summed E-state index contributed by atoms with van der Waals surface area (Å²) < 4.78 is 62.3. The highest BCUT2D eigenvalue weighted by Crippen LogP contribution is 2.39. The van der Waals surface area contributed by atoms with Gasteiger partial charge in [-0.25, -0.2) is 26.7 Å². The molecule has 9 nitrogen and oxygen atoms in total. The van der Waals surface area contributed by atoms with Gasteiger partial charge in [0.1, 0.15) is 24.5 Å². The van der Waals surface area contributed by atoms with Crippen molar-refractivity contribution in [2.24, 2.45) is 0 Å². The minimum absolute atomic E-state index is 0.0181. The van der Waals surface area contributed by atoms with Gasteiger partial charge < -0.3 is 20.4 Å². The van der Waals surface area contributed by atoms with Gasteiger partial charge in [-0.2, -0.15) is 0 Å². The van der Waals surface area contributed by atoms with Gasteiger partial charge >= 0.3 is 0 Å². The van der Waals surface area contributed by atoms with E-state index >= 15 is 4.39 Å². The van der Waals surface area contributed by atoms with Crippen molar-refractivity contribution in [1.82, 2.24) is 13.9 Å². The maximum absolute atomic E-state index is 15.6. The van der Waals surface area contributed by atoms with E-state index in [4.69, 9.17) is 10.5 Å². The number of halogens is 1. The molecule has 3 N–H and O–H groups in total. The number of hydrogen-bond donors (Lipinski definition) is 2. The second kappa shape index (κ2) is 10.6. The second-order valence-electron chi connectivity index (χ2n) is 10.0. The predicted octanol–water partition coefficient (Wildman–Crippen LogP) is 5.29. The molecule has 5 rings (SSSR count). The second-order valence-corrected chi connectivity index (χ2v) is 15.0. The van der Waals surface area contributed by atoms with Crippen LogP contribution in [0.1, 0.15) is 17.0 Å². The number of anilines is 3. The van der Waals surface area contributed by atoms with Crippen LogP contribution in [0.25, 0.3) is 11.0 Å². The number of benzene rings is 3. The monoisotopic (exact) mass is 593 g/mol. The number of hydrogen-bond acceptors (Lipinski definition) is 8. The molecule has 0 spiro atoms. The maximum Gasteiger partial charge on any atom is 0.269 e. The third-order valence-corrected chi connectivity index (χ3v) is 9.80. The number of nitrogens with one attached hydrogen (secondary N) is 1. The van der Waals surface area contributed by atoms with Crippen molar-refractivity contribution >= 4 is 50.7 Å². The first-order chi connectivity index (χ1) is 19.4. The highest BCUT2D eigenvalue weighted by molar-refractivity contribution is 7.90. The Labute approximate surface area is 237 Å². The molecule has 0 radical (unpaired) electrons. The van der Waals surface area contributed by atoms with E-state index in [1.165, 1.54) is 19.2 Å². The lowest BCUT2D eigenvalue weighted by atomic mass is 10.1. The average molecular weight is 594 g/mol. The molecule has 0 aliphatic heterocycles. The van der Waals surface area contributed by atoms with Gasteiger partial charge in [-0.3, -0.25) is 0 Å². The molecule has 2 heterocycles. The summed E-state index contributed by atoms with van der Waals surface area (Å²) in [7, 11) is -5.45. The summed E-state index contributed by atoms with van der Waals surface area (Å²) >= 11 is 0. The van der Waals surface area contributed by atoms with Crippen LogP contribution in [-0.4, -0.2) is 42.8 Å². The Morgan fingerprint density at radius 2 is 1.76 bits per heavy atom. The highest BCUT2D eigenvalue weighted by atomic mass is 32.2. The fraction of sp³-hybridized carbons (Fsp3) is 0.172. The van der Waals surface area contributed by atoms with Gasteiger partial charge in [0.15, 0.2) is 11.5 Å². The van der Waals surface area contributed by atoms with Crippen molar-refractivity contribution in [3.63, 3.8) is 0 Å². The number of aromatic nitrogens is 3. The van der Waals surface area contributed by atoms with Gasteiger partial charge in [0.2, 0.25) is 0 Å². The van der Waals surface area contributed by atoms with E-state index in [9.17, 15) is 13.0 Å². The number of para-hydroxylation sites is 1. The summed E-state index contributed by atoms with van der Waals surface area (Å²) in [6, 6.07) is 18.3. The molecule has 0 fully saturated rings. The Hall–Kier alpha value is -4.21. The predicted molar refractivity (Wildman–Crippen MR) is 160 cm³/mol. The van der Waals surface area contributed by atoms with Crippen molar-refractivity contribution in [3.05, 3.63) is 95.7 Å². The summed E-state index contributed by atoms with van der Waals surface area (Å²) in [5.41, 5.74) is 8.35. The van der Waals surface area contributed by atoms with Gasteiger partial charge in [-0.15, -0.1) is 0 Å². The van der Waals surface area contributed by atoms with Crippen LogP contribution >= 0.6 is 7.14 Å². The van der Waals surface area contributed by atoms with Crippen LogP contribution in [0.3, 0.4) is 0 Å². The Kier molecular flexibility index (Phi) is 7.35. The highest BCUT2D eigenvalue weighted by Gasteiger charge is 2.27. The van der Waals surface area contributed by atoms with Gasteiger partial charge in [0.05, 0.1) is 29.3 Å². The third kappa shape index (κ3) is 5.55. The topological polar surface area (TPSA) is 129 Å². The average Bonchev–Trinajstić information content (AvgIpc) is 3.26. The molecule has 0 atom stereocenters. The van der Waals surface area contributed by atoms with Crippen LogP contribution in [0.5, 0.6) is 5.75 Å². The number of aryl methyl sites for hydroxylation is 1. The lowest BCUT2D eigenvalue weighted by molar-refractivity contribution is 0.410. The number of fused-ring (bicyclic) bond motifs is 1. The SMILES string of the molecule is COc1ccc(N)cc1Cc1nc(Nc2ccccc2P(C)(C)=O)c2c(F)cn(S(=O)(=O)c3ccc(C)cc3)c2n1. The fourth-order valence-corrected chi connectivity index (χ4v) is 7.02. The van der Waals surface area contributed by atoms with E-state index in [0.717, 1.165) is 15.7 Å². The van der Waals surface area contributed by atoms with Crippen LogP contribution < -0.4 is 21.1 Å². The normalized spacial score (nSPS) is 12.0. The first kappa shape index (κ1) is 28.3. The van der Waals surface area contributed by atoms with E-state index in [2.05, 4.69) is 15.3 Å². The lowest BCUT2D eigenvalue weighted by Crippen LogP contribution is -2.14. The first-order valence-corrected chi connectivity index (χ1v) is 16.7. The molecule has 3 aromatic carbocycles. The lowest BCUT2D eigenvalue weighted by Gasteiger charge is -2.16. The molecular formula is C29H29FN5O4PS. The smallest absolute Gasteiger partial charge is 0.269 e. The number of nitrogen functional groups attached to an aromatic ring is 1. The van der Waals surface area contributed by atoms with Crippen LogP contribution in [0.15, 0.2) is 77.8 Å². The summed E-state index contributed by atoms with van der Waals surface area (Å²) in [5, 5.41) is 3.53. The molecule has 0 saturated carbocycles. The van der Waals surface area contributed by atoms with E-state index in [1.54, 1.807) is 67.9 Å². The zero-order chi connectivity index (χ0) is 29.5. The zero-order valence-corrected chi connectivity index (χ0v) is 24.6. The standard InChI is InChI=1S/C29H29FN5O4PS/c1-18-9-12-21(13-10-18)41(37,38)35-17-22(30)27-28(32-23-7-5-6-8-25(23)40(3,4)36)33-26(34-29(27)35)16-19-15-20(31)11-14-24(19)39-2/h5-15,17H,16,31H2,1-4H3,(H,32,33,34). The van der Waals surface area contributed by atoms with E-state index in [0.29, 0.717) is 28.0 Å². The Morgan fingerprint density at radius 1 is 1.05 bits per heavy atom. The Balaban J connectivity index is 1.75. The minimum Gasteiger partial charge on any atom is -0.496 e. The molecule has 0 bridgehead atoms. The summed E-state index contributed by atoms with van der Waals surface area (Å²) in [6.45, 7) is 5.10. The molecule has 0 aliphatic rings. The third-order valence-electron chi connectivity index (χ3n) is 6.58. The maximum atomic E-state index is 15.6. The van der Waals surface area contributed by atoms with Crippen molar-refractivity contribution in [2.45, 2.75) is 18.2 Å². The molecule has 2 aromatic heterocycles. The summed E-state index contributed by atoms with van der Waals surface area (Å²) in [4.78, 5) is 9.11. The summed E-state index contributed by atoms with van der Waals surface area (Å²) in [6.07, 6.45) is 0.999. The Bertz CT molecular complexity index is 1940. The molecule has 12 heteroatoms. The number of nitrogens with two attached hydrogens (primary N) is 1. The van der Waals surface area contributed by atoms with E-state index in [-0.39, 0.29) is 34.0 Å². The number of rotatable bonds is 8. The Morgan fingerprint density at radius 3 is 2.44 bits per heavy atom. The molecule has 0 amide bonds. The van der Waals surface area contributed by atoms with Crippen LogP contribution in [0.2, 0.25) is 0 Å². The van der Waals surface area contributed by atoms with Gasteiger partial charge in [-0.1, -0.05) is 29.8 Å². The molecule has 5 aromatic rings. The van der Waals surface area contributed by atoms with E-state index in [1.807, 2.05) is 6.92 Å². The van der Waals surface area contributed by atoms with Crippen molar-refractivity contribution in [3.8, 4) is 5.75 Å². The largest absolute Gasteiger partial charge is 0.496 e. The molecule has 212 valence electrons. The number of nitrogens with zero attached hydrogens (tertiary/aromatic N) is 3. The molecule has 0 aliphatic carbocycles.